The van der Waals surface area contributed by atoms with Gasteiger partial charge in [0.1, 0.15) is 5.82 Å². The second-order valence-electron chi connectivity index (χ2n) is 9.20. The largest absolute Gasteiger partial charge is 0.383 e. The van der Waals surface area contributed by atoms with Crippen LogP contribution in [0.5, 0.6) is 0 Å². The van der Waals surface area contributed by atoms with Gasteiger partial charge in [0.2, 0.25) is 0 Å². The van der Waals surface area contributed by atoms with E-state index in [-0.39, 0.29) is 24.0 Å². The number of carbonyl (C=O) groups excluding carboxylic acids is 1. The maximum absolute atomic E-state index is 13.8. The third-order valence-corrected chi connectivity index (χ3v) is 6.57. The molecule has 0 radical (unpaired) electrons. The van der Waals surface area contributed by atoms with Gasteiger partial charge in [0.25, 0.3) is 11.5 Å². The number of nitrogens with zero attached hydrogens (tertiary/aromatic N) is 2. The Hall–Kier alpha value is -3.87. The Morgan fingerprint density at radius 3 is 2.54 bits per heavy atom. The molecule has 1 aliphatic carbocycles. The number of H-pyrrole nitrogens is 1. The SMILES string of the molecule is Cc1ccc(C(=O)N(CCC2=CCCCC2)c2c(N)n(Cc3ccccc3)c(=O)[nH]c2=O)c(C)c1. The van der Waals surface area contributed by atoms with Crippen molar-refractivity contribution in [1.29, 1.82) is 0 Å². The Morgan fingerprint density at radius 2 is 1.86 bits per heavy atom. The summed E-state index contributed by atoms with van der Waals surface area (Å²) in [6, 6.07) is 15.0. The van der Waals surface area contributed by atoms with Crippen LogP contribution in [0.25, 0.3) is 0 Å². The molecule has 0 bridgehead atoms. The molecular formula is C28H32N4O3. The van der Waals surface area contributed by atoms with Crippen molar-refractivity contribution in [2.45, 2.75) is 52.5 Å². The number of nitrogens with two attached hydrogens (primary N) is 1. The number of aryl methyl sites for hydroxylation is 2. The van der Waals surface area contributed by atoms with Crippen LogP contribution in [0.3, 0.4) is 0 Å². The van der Waals surface area contributed by atoms with Gasteiger partial charge in [0, 0.05) is 12.1 Å². The number of benzene rings is 2. The van der Waals surface area contributed by atoms with Crippen molar-refractivity contribution in [1.82, 2.24) is 9.55 Å². The molecule has 182 valence electrons. The van der Waals surface area contributed by atoms with Crippen molar-refractivity contribution in [2.75, 3.05) is 17.2 Å². The van der Waals surface area contributed by atoms with Crippen molar-refractivity contribution in [3.8, 4) is 0 Å². The van der Waals surface area contributed by atoms with E-state index in [9.17, 15) is 14.4 Å². The minimum absolute atomic E-state index is 0.0154. The van der Waals surface area contributed by atoms with Gasteiger partial charge >= 0.3 is 5.69 Å². The average molecular weight is 473 g/mol. The molecule has 35 heavy (non-hydrogen) atoms. The minimum Gasteiger partial charge on any atom is -0.383 e. The minimum atomic E-state index is -0.660. The molecule has 7 nitrogen and oxygen atoms in total. The van der Waals surface area contributed by atoms with Gasteiger partial charge in [0.15, 0.2) is 5.69 Å². The normalized spacial score (nSPS) is 13.4. The highest BCUT2D eigenvalue weighted by Gasteiger charge is 2.26. The van der Waals surface area contributed by atoms with E-state index < -0.39 is 11.2 Å². The van der Waals surface area contributed by atoms with Gasteiger partial charge in [-0.05, 0) is 63.1 Å². The first-order valence-electron chi connectivity index (χ1n) is 12.1. The molecule has 0 saturated carbocycles. The van der Waals surface area contributed by atoms with Crippen LogP contribution in [0.1, 0.15) is 59.2 Å². The molecule has 0 fully saturated rings. The molecule has 1 aliphatic rings. The number of anilines is 2. The number of hydrogen-bond acceptors (Lipinski definition) is 4. The number of aromatic amines is 1. The van der Waals surface area contributed by atoms with Crippen LogP contribution in [0, 0.1) is 13.8 Å². The van der Waals surface area contributed by atoms with E-state index in [1.165, 1.54) is 21.5 Å². The number of rotatable bonds is 7. The molecule has 1 heterocycles. The third-order valence-electron chi connectivity index (χ3n) is 6.57. The zero-order valence-corrected chi connectivity index (χ0v) is 20.3. The van der Waals surface area contributed by atoms with E-state index in [4.69, 9.17) is 5.73 Å². The number of nitrogen functional groups attached to an aromatic ring is 1. The molecule has 0 atom stereocenters. The average Bonchev–Trinajstić information content (AvgIpc) is 2.84. The van der Waals surface area contributed by atoms with Crippen molar-refractivity contribution in [2.24, 2.45) is 0 Å². The molecule has 4 rings (SSSR count). The summed E-state index contributed by atoms with van der Waals surface area (Å²) in [7, 11) is 0. The third kappa shape index (κ3) is 5.45. The summed E-state index contributed by atoms with van der Waals surface area (Å²) in [5.41, 5.74) is 9.73. The van der Waals surface area contributed by atoms with Crippen LogP contribution >= 0.6 is 0 Å². The maximum Gasteiger partial charge on any atom is 0.330 e. The van der Waals surface area contributed by atoms with Gasteiger partial charge < -0.3 is 10.6 Å². The maximum atomic E-state index is 13.8. The Labute approximate surface area is 204 Å². The second kappa shape index (κ2) is 10.6. The van der Waals surface area contributed by atoms with Gasteiger partial charge in [0.05, 0.1) is 6.54 Å². The lowest BCUT2D eigenvalue weighted by atomic mass is 9.97. The Morgan fingerprint density at radius 1 is 1.09 bits per heavy atom. The highest BCUT2D eigenvalue weighted by atomic mass is 16.2. The van der Waals surface area contributed by atoms with Crippen molar-refractivity contribution >= 4 is 17.4 Å². The summed E-state index contributed by atoms with van der Waals surface area (Å²) >= 11 is 0. The second-order valence-corrected chi connectivity index (χ2v) is 9.20. The van der Waals surface area contributed by atoms with Crippen LogP contribution in [0.15, 0.2) is 69.8 Å². The van der Waals surface area contributed by atoms with Crippen LogP contribution in [-0.2, 0) is 6.54 Å². The van der Waals surface area contributed by atoms with Gasteiger partial charge in [-0.1, -0.05) is 59.7 Å². The van der Waals surface area contributed by atoms with Crippen LogP contribution in [0.4, 0.5) is 11.5 Å². The van der Waals surface area contributed by atoms with Gasteiger partial charge in [-0.3, -0.25) is 19.1 Å². The van der Waals surface area contributed by atoms with E-state index in [2.05, 4.69) is 11.1 Å². The van der Waals surface area contributed by atoms with Crippen LogP contribution in [-0.4, -0.2) is 22.0 Å². The number of aromatic nitrogens is 2. The first kappa shape index (κ1) is 24.3. The monoisotopic (exact) mass is 472 g/mol. The molecule has 0 spiro atoms. The number of nitrogens with one attached hydrogen (secondary N) is 1. The molecular weight excluding hydrogens is 440 g/mol. The summed E-state index contributed by atoms with van der Waals surface area (Å²) in [4.78, 5) is 43.4. The molecule has 0 saturated heterocycles. The first-order chi connectivity index (χ1) is 16.8. The van der Waals surface area contributed by atoms with Gasteiger partial charge in [-0.2, -0.15) is 0 Å². The lowest BCUT2D eigenvalue weighted by Crippen LogP contribution is -2.42. The summed E-state index contributed by atoms with van der Waals surface area (Å²) in [5, 5.41) is 0. The lowest BCUT2D eigenvalue weighted by molar-refractivity contribution is 0.0986. The summed E-state index contributed by atoms with van der Waals surface area (Å²) in [5.74, 6) is -0.320. The Balaban J connectivity index is 1.79. The molecule has 3 N–H and O–H groups in total. The summed E-state index contributed by atoms with van der Waals surface area (Å²) in [6.07, 6.45) is 7.20. The lowest BCUT2D eigenvalue weighted by Gasteiger charge is -2.26. The Bertz CT molecular complexity index is 1370. The standard InChI is InChI=1S/C28H32N4O3/c1-19-13-14-23(20(2)17-19)27(34)31(16-15-21-9-5-3-6-10-21)24-25(29)32(28(35)30-26(24)33)18-22-11-7-4-8-12-22/h4,7-9,11-14,17H,3,5-6,10,15-16,18,29H2,1-2H3,(H,30,33,35). The predicted molar refractivity (Wildman–Crippen MR) is 140 cm³/mol. The zero-order valence-electron chi connectivity index (χ0n) is 20.3. The fourth-order valence-corrected chi connectivity index (χ4v) is 4.66. The van der Waals surface area contributed by atoms with E-state index in [1.54, 1.807) is 6.07 Å². The molecule has 2 aromatic carbocycles. The zero-order chi connectivity index (χ0) is 24.9. The van der Waals surface area contributed by atoms with Crippen molar-refractivity contribution < 1.29 is 4.79 Å². The number of carbonyl (C=O) groups is 1. The molecule has 1 aromatic heterocycles. The number of amides is 1. The van der Waals surface area contributed by atoms with Crippen molar-refractivity contribution in [3.63, 3.8) is 0 Å². The van der Waals surface area contributed by atoms with Crippen LogP contribution < -0.4 is 21.9 Å². The predicted octanol–water partition coefficient (Wildman–Crippen LogP) is 4.32. The molecule has 1 amide bonds. The fourth-order valence-electron chi connectivity index (χ4n) is 4.66. The highest BCUT2D eigenvalue weighted by Crippen LogP contribution is 2.25. The highest BCUT2D eigenvalue weighted by molar-refractivity contribution is 6.08. The summed E-state index contributed by atoms with van der Waals surface area (Å²) in [6.45, 7) is 4.34. The van der Waals surface area contributed by atoms with Crippen LogP contribution in [0.2, 0.25) is 0 Å². The van der Waals surface area contributed by atoms with E-state index in [0.29, 0.717) is 18.5 Å². The van der Waals surface area contributed by atoms with Gasteiger partial charge in [-0.15, -0.1) is 0 Å². The molecule has 0 aliphatic heterocycles. The van der Waals surface area contributed by atoms with E-state index in [1.807, 2.05) is 56.3 Å². The molecule has 0 unspecified atom stereocenters. The van der Waals surface area contributed by atoms with E-state index >= 15 is 0 Å². The first-order valence-corrected chi connectivity index (χ1v) is 12.1. The Kier molecular flexibility index (Phi) is 7.34. The molecule has 3 aromatic rings. The van der Waals surface area contributed by atoms with Crippen molar-refractivity contribution in [3.05, 3.63) is 103 Å². The number of hydrogen-bond donors (Lipinski definition) is 2. The van der Waals surface area contributed by atoms with E-state index in [0.717, 1.165) is 36.0 Å². The van der Waals surface area contributed by atoms with Gasteiger partial charge in [-0.25, -0.2) is 4.79 Å². The quantitative estimate of drug-likeness (QED) is 0.500. The fraction of sp³-hybridized carbons (Fsp3) is 0.321. The summed E-state index contributed by atoms with van der Waals surface area (Å²) < 4.78 is 1.31. The smallest absolute Gasteiger partial charge is 0.330 e. The topological polar surface area (TPSA) is 101 Å². The number of allylic oxidation sites excluding steroid dienone is 1. The molecule has 7 heteroatoms.